The van der Waals surface area contributed by atoms with Crippen LogP contribution in [0.3, 0.4) is 0 Å². The van der Waals surface area contributed by atoms with E-state index in [9.17, 15) is 4.79 Å². The van der Waals surface area contributed by atoms with E-state index in [0.717, 1.165) is 22.7 Å². The van der Waals surface area contributed by atoms with E-state index in [1.807, 2.05) is 35.0 Å². The average Bonchev–Trinajstić information content (AvgIpc) is 3.05. The van der Waals surface area contributed by atoms with Gasteiger partial charge < -0.3 is 9.47 Å². The zero-order valence-corrected chi connectivity index (χ0v) is 14.5. The van der Waals surface area contributed by atoms with Crippen molar-refractivity contribution in [3.8, 4) is 22.7 Å². The smallest absolute Gasteiger partial charge is 0.303 e. The normalized spacial score (nSPS) is 10.5. The highest BCUT2D eigenvalue weighted by Gasteiger charge is 2.13. The van der Waals surface area contributed by atoms with Crippen molar-refractivity contribution in [2.75, 3.05) is 7.11 Å². The lowest BCUT2D eigenvalue weighted by Gasteiger charge is -2.09. The largest absolute Gasteiger partial charge is 0.497 e. The standard InChI is InChI=1S/C20H20N2O3/c1-14-4-6-16(7-5-14)20-12-17(13-25-15(2)23)21-22(20)18-8-10-19(24-3)11-9-18/h4-12H,13H2,1-3H3. The Hall–Kier alpha value is -3.08. The molecule has 0 aliphatic carbocycles. The van der Waals surface area contributed by atoms with Gasteiger partial charge in [0.05, 0.1) is 18.5 Å². The lowest BCUT2D eigenvalue weighted by atomic mass is 10.1. The summed E-state index contributed by atoms with van der Waals surface area (Å²) in [5.74, 6) is 0.462. The summed E-state index contributed by atoms with van der Waals surface area (Å²) in [4.78, 5) is 11.1. The van der Waals surface area contributed by atoms with Crippen LogP contribution in [0.2, 0.25) is 0 Å². The summed E-state index contributed by atoms with van der Waals surface area (Å²) in [7, 11) is 1.64. The van der Waals surface area contributed by atoms with Crippen LogP contribution in [0.4, 0.5) is 0 Å². The number of methoxy groups -OCH3 is 1. The van der Waals surface area contributed by atoms with Crippen molar-refractivity contribution < 1.29 is 14.3 Å². The third kappa shape index (κ3) is 3.88. The number of aromatic nitrogens is 2. The molecular weight excluding hydrogens is 316 g/mol. The number of hydrogen-bond donors (Lipinski definition) is 0. The molecule has 1 aromatic heterocycles. The molecule has 2 aromatic carbocycles. The molecule has 5 heteroatoms. The lowest BCUT2D eigenvalue weighted by Crippen LogP contribution is -2.02. The van der Waals surface area contributed by atoms with E-state index < -0.39 is 0 Å². The fourth-order valence-corrected chi connectivity index (χ4v) is 2.53. The Morgan fingerprint density at radius 2 is 1.76 bits per heavy atom. The van der Waals surface area contributed by atoms with Gasteiger partial charge in [-0.15, -0.1) is 0 Å². The van der Waals surface area contributed by atoms with Crippen LogP contribution in [-0.2, 0) is 16.1 Å². The molecule has 0 bridgehead atoms. The zero-order valence-electron chi connectivity index (χ0n) is 14.5. The molecule has 0 fully saturated rings. The van der Waals surface area contributed by atoms with Crippen LogP contribution in [0.5, 0.6) is 5.75 Å². The summed E-state index contributed by atoms with van der Waals surface area (Å²) in [5, 5.41) is 4.61. The van der Waals surface area contributed by atoms with Crippen molar-refractivity contribution in [1.82, 2.24) is 9.78 Å². The second-order valence-electron chi connectivity index (χ2n) is 5.78. The van der Waals surface area contributed by atoms with Gasteiger partial charge in [-0.25, -0.2) is 4.68 Å². The Morgan fingerprint density at radius 1 is 1.08 bits per heavy atom. The van der Waals surface area contributed by atoms with E-state index in [1.165, 1.54) is 12.5 Å². The van der Waals surface area contributed by atoms with Gasteiger partial charge in [-0.3, -0.25) is 4.79 Å². The van der Waals surface area contributed by atoms with Crippen molar-refractivity contribution >= 4 is 5.97 Å². The topological polar surface area (TPSA) is 53.4 Å². The number of hydrogen-bond acceptors (Lipinski definition) is 4. The molecule has 0 N–H and O–H groups in total. The number of carbonyl (C=O) groups excluding carboxylic acids is 1. The van der Waals surface area contributed by atoms with Gasteiger partial charge in [-0.05, 0) is 37.3 Å². The van der Waals surface area contributed by atoms with Gasteiger partial charge in [-0.1, -0.05) is 29.8 Å². The predicted octanol–water partition coefficient (Wildman–Crippen LogP) is 3.92. The molecule has 25 heavy (non-hydrogen) atoms. The second kappa shape index (κ2) is 7.21. The highest BCUT2D eigenvalue weighted by atomic mass is 16.5. The van der Waals surface area contributed by atoms with Gasteiger partial charge in [0.1, 0.15) is 18.1 Å². The third-order valence-corrected chi connectivity index (χ3v) is 3.85. The fraction of sp³-hybridized carbons (Fsp3) is 0.200. The first-order valence-corrected chi connectivity index (χ1v) is 8.00. The molecule has 0 aliphatic rings. The average molecular weight is 336 g/mol. The van der Waals surface area contributed by atoms with E-state index in [4.69, 9.17) is 9.47 Å². The van der Waals surface area contributed by atoms with Crippen LogP contribution < -0.4 is 4.74 Å². The maximum atomic E-state index is 11.1. The Balaban J connectivity index is 2.03. The maximum Gasteiger partial charge on any atom is 0.303 e. The van der Waals surface area contributed by atoms with Gasteiger partial charge in [0, 0.05) is 12.5 Å². The first kappa shape index (κ1) is 16.8. The molecule has 3 rings (SSSR count). The number of ether oxygens (including phenoxy) is 2. The van der Waals surface area contributed by atoms with Crippen LogP contribution in [-0.4, -0.2) is 22.9 Å². The van der Waals surface area contributed by atoms with Crippen LogP contribution in [0.15, 0.2) is 54.6 Å². The maximum absolute atomic E-state index is 11.1. The van der Waals surface area contributed by atoms with E-state index in [0.29, 0.717) is 5.69 Å². The molecule has 0 saturated heterocycles. The Morgan fingerprint density at radius 3 is 2.36 bits per heavy atom. The third-order valence-electron chi connectivity index (χ3n) is 3.85. The molecule has 0 spiro atoms. The molecule has 0 aliphatic heterocycles. The lowest BCUT2D eigenvalue weighted by molar-refractivity contribution is -0.142. The number of nitrogens with zero attached hydrogens (tertiary/aromatic N) is 2. The molecule has 0 radical (unpaired) electrons. The summed E-state index contributed by atoms with van der Waals surface area (Å²) < 4.78 is 12.2. The van der Waals surface area contributed by atoms with Gasteiger partial charge in [0.2, 0.25) is 0 Å². The molecule has 128 valence electrons. The quantitative estimate of drug-likeness (QED) is 0.663. The SMILES string of the molecule is COc1ccc(-n2nc(COC(C)=O)cc2-c2ccc(C)cc2)cc1. The van der Waals surface area contributed by atoms with E-state index >= 15 is 0 Å². The summed E-state index contributed by atoms with van der Waals surface area (Å²) in [6.07, 6.45) is 0. The highest BCUT2D eigenvalue weighted by Crippen LogP contribution is 2.26. The van der Waals surface area contributed by atoms with Gasteiger partial charge in [-0.2, -0.15) is 5.10 Å². The monoisotopic (exact) mass is 336 g/mol. The van der Waals surface area contributed by atoms with Gasteiger partial charge in [0.15, 0.2) is 0 Å². The molecule has 3 aromatic rings. The predicted molar refractivity (Wildman–Crippen MR) is 95.8 cm³/mol. The Labute approximate surface area is 146 Å². The summed E-state index contributed by atoms with van der Waals surface area (Å²) in [6, 6.07) is 17.8. The van der Waals surface area contributed by atoms with E-state index in [1.54, 1.807) is 7.11 Å². The highest BCUT2D eigenvalue weighted by molar-refractivity contribution is 5.66. The molecule has 0 unspecified atom stereocenters. The Bertz CT molecular complexity index is 865. The van der Waals surface area contributed by atoms with Crippen LogP contribution >= 0.6 is 0 Å². The summed E-state index contributed by atoms with van der Waals surface area (Å²) >= 11 is 0. The first-order valence-electron chi connectivity index (χ1n) is 8.00. The van der Waals surface area contributed by atoms with Crippen LogP contribution in [0, 0.1) is 6.92 Å². The van der Waals surface area contributed by atoms with Crippen molar-refractivity contribution in [3.63, 3.8) is 0 Å². The van der Waals surface area contributed by atoms with E-state index in [-0.39, 0.29) is 12.6 Å². The van der Waals surface area contributed by atoms with Gasteiger partial charge in [0.25, 0.3) is 0 Å². The van der Waals surface area contributed by atoms with Crippen molar-refractivity contribution in [1.29, 1.82) is 0 Å². The molecule has 0 amide bonds. The molecule has 0 saturated carbocycles. The van der Waals surface area contributed by atoms with Gasteiger partial charge >= 0.3 is 5.97 Å². The molecule has 1 heterocycles. The van der Waals surface area contributed by atoms with Crippen molar-refractivity contribution in [3.05, 3.63) is 65.9 Å². The molecule has 0 atom stereocenters. The Kier molecular flexibility index (Phi) is 4.84. The van der Waals surface area contributed by atoms with Crippen molar-refractivity contribution in [2.24, 2.45) is 0 Å². The minimum atomic E-state index is -0.323. The summed E-state index contributed by atoms with van der Waals surface area (Å²) in [5.41, 5.74) is 4.78. The number of esters is 1. The van der Waals surface area contributed by atoms with Crippen molar-refractivity contribution in [2.45, 2.75) is 20.5 Å². The number of rotatable bonds is 5. The summed E-state index contributed by atoms with van der Waals surface area (Å²) in [6.45, 7) is 3.59. The first-order chi connectivity index (χ1) is 12.1. The van der Waals surface area contributed by atoms with E-state index in [2.05, 4.69) is 36.3 Å². The number of aryl methyl sites for hydroxylation is 1. The zero-order chi connectivity index (χ0) is 17.8. The number of carbonyl (C=O) groups is 1. The molecule has 5 nitrogen and oxygen atoms in total. The molecular formula is C20H20N2O3. The van der Waals surface area contributed by atoms with Crippen LogP contribution in [0.1, 0.15) is 18.2 Å². The van der Waals surface area contributed by atoms with Crippen LogP contribution in [0.25, 0.3) is 16.9 Å². The minimum absolute atomic E-state index is 0.150. The fourth-order valence-electron chi connectivity index (χ4n) is 2.53. The minimum Gasteiger partial charge on any atom is -0.497 e. The second-order valence-corrected chi connectivity index (χ2v) is 5.78. The number of benzene rings is 2.